The molecule has 2 aliphatic rings. The third-order valence-electron chi connectivity index (χ3n) is 4.90. The summed E-state index contributed by atoms with van der Waals surface area (Å²) in [7, 11) is 1.73. The maximum Gasteiger partial charge on any atom is 0.224 e. The van der Waals surface area contributed by atoms with Crippen molar-refractivity contribution in [3.05, 3.63) is 0 Å². The van der Waals surface area contributed by atoms with E-state index in [0.717, 1.165) is 38.5 Å². The minimum Gasteiger partial charge on any atom is -0.391 e. The fourth-order valence-corrected chi connectivity index (χ4v) is 3.21. The summed E-state index contributed by atoms with van der Waals surface area (Å²) >= 11 is 0. The van der Waals surface area contributed by atoms with Gasteiger partial charge in [-0.3, -0.25) is 9.59 Å². The lowest BCUT2D eigenvalue weighted by molar-refractivity contribution is -0.132. The van der Waals surface area contributed by atoms with Crippen molar-refractivity contribution < 1.29 is 14.7 Å². The third-order valence-corrected chi connectivity index (χ3v) is 4.90. The van der Waals surface area contributed by atoms with Gasteiger partial charge in [-0.25, -0.2) is 0 Å². The van der Waals surface area contributed by atoms with Crippen LogP contribution in [0.1, 0.15) is 58.3 Å². The van der Waals surface area contributed by atoms with Gasteiger partial charge in [0.2, 0.25) is 11.8 Å². The van der Waals surface area contributed by atoms with Gasteiger partial charge in [0.15, 0.2) is 0 Å². The fourth-order valence-electron chi connectivity index (χ4n) is 3.21. The maximum atomic E-state index is 12.2. The van der Waals surface area contributed by atoms with Crippen molar-refractivity contribution in [3.8, 4) is 0 Å². The standard InChI is InChI=1S/C17H30N2O3/c1-12(18-17(22)14-6-4-3-5-7-14)10-16(21)19(2)11-15(20)13-8-9-13/h12-15,20H,3-11H2,1-2H3,(H,18,22). The number of likely N-dealkylation sites (N-methyl/N-ethyl adjacent to an activating group) is 1. The van der Waals surface area contributed by atoms with E-state index in [4.69, 9.17) is 0 Å². The third kappa shape index (κ3) is 5.27. The second-order valence-corrected chi connectivity index (χ2v) is 7.13. The molecule has 2 atom stereocenters. The molecule has 126 valence electrons. The Kier molecular flexibility index (Phi) is 6.24. The maximum absolute atomic E-state index is 12.2. The number of nitrogens with zero attached hydrogens (tertiary/aromatic N) is 1. The summed E-state index contributed by atoms with van der Waals surface area (Å²) in [5.41, 5.74) is 0. The Morgan fingerprint density at radius 3 is 2.41 bits per heavy atom. The molecule has 0 radical (unpaired) electrons. The molecule has 0 aromatic carbocycles. The van der Waals surface area contributed by atoms with Gasteiger partial charge in [-0.15, -0.1) is 0 Å². The van der Waals surface area contributed by atoms with Gasteiger partial charge in [0, 0.05) is 32.0 Å². The van der Waals surface area contributed by atoms with E-state index in [9.17, 15) is 14.7 Å². The number of hydrogen-bond donors (Lipinski definition) is 2. The summed E-state index contributed by atoms with van der Waals surface area (Å²) in [6.45, 7) is 2.27. The molecule has 0 saturated heterocycles. The van der Waals surface area contributed by atoms with Gasteiger partial charge in [0.1, 0.15) is 0 Å². The Morgan fingerprint density at radius 1 is 1.18 bits per heavy atom. The molecule has 2 saturated carbocycles. The average Bonchev–Trinajstić information content (AvgIpc) is 3.32. The van der Waals surface area contributed by atoms with Crippen molar-refractivity contribution in [2.75, 3.05) is 13.6 Å². The molecule has 5 heteroatoms. The van der Waals surface area contributed by atoms with E-state index in [2.05, 4.69) is 5.32 Å². The van der Waals surface area contributed by atoms with Crippen molar-refractivity contribution in [2.45, 2.75) is 70.4 Å². The highest BCUT2D eigenvalue weighted by Gasteiger charge is 2.31. The number of aliphatic hydroxyl groups is 1. The summed E-state index contributed by atoms with van der Waals surface area (Å²) in [6.07, 6.45) is 7.47. The first-order chi connectivity index (χ1) is 10.5. The summed E-state index contributed by atoms with van der Waals surface area (Å²) in [4.78, 5) is 25.9. The Balaban J connectivity index is 1.69. The van der Waals surface area contributed by atoms with E-state index in [0.29, 0.717) is 18.9 Å². The van der Waals surface area contributed by atoms with Crippen LogP contribution in [0.4, 0.5) is 0 Å². The summed E-state index contributed by atoms with van der Waals surface area (Å²) in [5.74, 6) is 0.580. The number of aliphatic hydroxyl groups excluding tert-OH is 1. The van der Waals surface area contributed by atoms with Gasteiger partial charge < -0.3 is 15.3 Å². The van der Waals surface area contributed by atoms with E-state index in [-0.39, 0.29) is 23.8 Å². The quantitative estimate of drug-likeness (QED) is 0.752. The van der Waals surface area contributed by atoms with Gasteiger partial charge in [-0.05, 0) is 38.5 Å². The molecule has 2 amide bonds. The zero-order chi connectivity index (χ0) is 16.1. The van der Waals surface area contributed by atoms with E-state index >= 15 is 0 Å². The van der Waals surface area contributed by atoms with Crippen molar-refractivity contribution in [1.29, 1.82) is 0 Å². The Hall–Kier alpha value is -1.10. The number of carbonyl (C=O) groups is 2. The molecule has 2 rings (SSSR count). The zero-order valence-corrected chi connectivity index (χ0v) is 13.9. The second kappa shape index (κ2) is 7.95. The molecule has 0 aromatic heterocycles. The fraction of sp³-hybridized carbons (Fsp3) is 0.882. The Morgan fingerprint density at radius 2 is 1.82 bits per heavy atom. The van der Waals surface area contributed by atoms with Crippen molar-refractivity contribution in [3.63, 3.8) is 0 Å². The summed E-state index contributed by atoms with van der Waals surface area (Å²) in [6, 6.07) is -0.151. The Labute approximate surface area is 133 Å². The van der Waals surface area contributed by atoms with Crippen LogP contribution in [0.25, 0.3) is 0 Å². The molecular weight excluding hydrogens is 280 g/mol. The summed E-state index contributed by atoms with van der Waals surface area (Å²) < 4.78 is 0. The largest absolute Gasteiger partial charge is 0.391 e. The van der Waals surface area contributed by atoms with Crippen LogP contribution in [-0.4, -0.2) is 47.6 Å². The van der Waals surface area contributed by atoms with Crippen LogP contribution in [0.15, 0.2) is 0 Å². The van der Waals surface area contributed by atoms with E-state index in [1.807, 2.05) is 6.92 Å². The predicted molar refractivity (Wildman–Crippen MR) is 85.2 cm³/mol. The van der Waals surface area contributed by atoms with E-state index in [1.165, 1.54) is 6.42 Å². The lowest BCUT2D eigenvalue weighted by atomic mass is 9.88. The van der Waals surface area contributed by atoms with Crippen LogP contribution in [0.2, 0.25) is 0 Å². The van der Waals surface area contributed by atoms with E-state index < -0.39 is 6.10 Å². The number of hydrogen-bond acceptors (Lipinski definition) is 3. The first kappa shape index (κ1) is 17.3. The van der Waals surface area contributed by atoms with Crippen LogP contribution >= 0.6 is 0 Å². The van der Waals surface area contributed by atoms with Crippen molar-refractivity contribution in [1.82, 2.24) is 10.2 Å². The van der Waals surface area contributed by atoms with Gasteiger partial charge in [-0.2, -0.15) is 0 Å². The predicted octanol–water partition coefficient (Wildman–Crippen LogP) is 1.69. The molecule has 2 N–H and O–H groups in total. The minimum absolute atomic E-state index is 0.0175. The molecule has 0 aliphatic heterocycles. The normalized spacial score (nSPS) is 22.0. The summed E-state index contributed by atoms with van der Waals surface area (Å²) in [5, 5.41) is 12.9. The van der Waals surface area contributed by atoms with Gasteiger partial charge in [-0.1, -0.05) is 19.3 Å². The van der Waals surface area contributed by atoms with Crippen molar-refractivity contribution in [2.24, 2.45) is 11.8 Å². The van der Waals surface area contributed by atoms with Gasteiger partial charge >= 0.3 is 0 Å². The number of nitrogens with one attached hydrogen (secondary N) is 1. The molecular formula is C17H30N2O3. The molecule has 0 heterocycles. The van der Waals surface area contributed by atoms with Crippen LogP contribution < -0.4 is 5.32 Å². The highest BCUT2D eigenvalue weighted by molar-refractivity contribution is 5.81. The smallest absolute Gasteiger partial charge is 0.224 e. The SMILES string of the molecule is CC(CC(=O)N(C)CC(O)C1CC1)NC(=O)C1CCCCC1. The van der Waals surface area contributed by atoms with Crippen molar-refractivity contribution >= 4 is 11.8 Å². The number of rotatable bonds is 7. The number of amides is 2. The lowest BCUT2D eigenvalue weighted by Crippen LogP contribution is -2.42. The molecule has 0 aromatic rings. The Bertz CT molecular complexity index is 389. The molecule has 5 nitrogen and oxygen atoms in total. The topological polar surface area (TPSA) is 69.6 Å². The van der Waals surface area contributed by atoms with Crippen LogP contribution in [0, 0.1) is 11.8 Å². The monoisotopic (exact) mass is 310 g/mol. The first-order valence-corrected chi connectivity index (χ1v) is 8.69. The van der Waals surface area contributed by atoms with Crippen LogP contribution in [0.3, 0.4) is 0 Å². The molecule has 0 bridgehead atoms. The second-order valence-electron chi connectivity index (χ2n) is 7.13. The first-order valence-electron chi connectivity index (χ1n) is 8.69. The van der Waals surface area contributed by atoms with Gasteiger partial charge in [0.05, 0.1) is 6.10 Å². The van der Waals surface area contributed by atoms with Crippen LogP contribution in [-0.2, 0) is 9.59 Å². The van der Waals surface area contributed by atoms with Gasteiger partial charge in [0.25, 0.3) is 0 Å². The minimum atomic E-state index is -0.402. The van der Waals surface area contributed by atoms with E-state index in [1.54, 1.807) is 11.9 Å². The van der Waals surface area contributed by atoms with Crippen LogP contribution in [0.5, 0.6) is 0 Å². The molecule has 2 unspecified atom stereocenters. The molecule has 0 spiro atoms. The lowest BCUT2D eigenvalue weighted by Gasteiger charge is -2.25. The molecule has 22 heavy (non-hydrogen) atoms. The average molecular weight is 310 g/mol. The highest BCUT2D eigenvalue weighted by Crippen LogP contribution is 2.32. The molecule has 2 fully saturated rings. The number of carbonyl (C=O) groups excluding carboxylic acids is 2. The molecule has 2 aliphatic carbocycles. The highest BCUT2D eigenvalue weighted by atomic mass is 16.3. The zero-order valence-electron chi connectivity index (χ0n) is 13.9.